The third-order valence-corrected chi connectivity index (χ3v) is 7.63. The molecular formula is C29H23ClN2O7S. The number of carbonyl (C=O) groups excluding carboxylic acids is 1. The van der Waals surface area contributed by atoms with Gasteiger partial charge in [0.2, 0.25) is 0 Å². The number of aromatic nitrogens is 1. The summed E-state index contributed by atoms with van der Waals surface area (Å²) in [7, 11) is 1.56. The lowest BCUT2D eigenvalue weighted by molar-refractivity contribution is -0.139. The van der Waals surface area contributed by atoms with Gasteiger partial charge in [0.25, 0.3) is 5.56 Å². The topological polar surface area (TPSA) is 120 Å². The number of rotatable bonds is 7. The van der Waals surface area contributed by atoms with Crippen LogP contribution in [0.25, 0.3) is 17.4 Å². The second-order valence-corrected chi connectivity index (χ2v) is 10.2. The largest absolute Gasteiger partial charge is 0.497 e. The molecule has 204 valence electrons. The van der Waals surface area contributed by atoms with Crippen LogP contribution >= 0.6 is 22.9 Å². The number of allylic oxidation sites excluding steroid dienone is 1. The summed E-state index contributed by atoms with van der Waals surface area (Å²) in [5, 5.41) is 9.30. The lowest BCUT2D eigenvalue weighted by Crippen LogP contribution is -2.39. The number of ether oxygens (including phenoxy) is 2. The third kappa shape index (κ3) is 4.99. The van der Waals surface area contributed by atoms with Crippen molar-refractivity contribution in [3.8, 4) is 17.1 Å². The van der Waals surface area contributed by atoms with E-state index in [9.17, 15) is 19.5 Å². The molecule has 0 bridgehead atoms. The SMILES string of the molecule is CCOC(=O)C1=C(C)N=c2s/c(=C\c3ccc(-c4ccc(C(=O)O)c(Cl)c4)o3)c(=O)n2[C@H]1c1ccc(OC)cc1. The van der Waals surface area contributed by atoms with E-state index in [1.165, 1.54) is 28.0 Å². The van der Waals surface area contributed by atoms with Gasteiger partial charge in [0.1, 0.15) is 17.3 Å². The maximum atomic E-state index is 13.7. The summed E-state index contributed by atoms with van der Waals surface area (Å²) >= 11 is 7.29. The summed E-state index contributed by atoms with van der Waals surface area (Å²) in [5.41, 5.74) is 1.69. The van der Waals surface area contributed by atoms with Crippen molar-refractivity contribution < 1.29 is 28.6 Å². The van der Waals surface area contributed by atoms with Crippen LogP contribution in [-0.4, -0.2) is 35.3 Å². The quantitative estimate of drug-likeness (QED) is 0.322. The van der Waals surface area contributed by atoms with Crippen LogP contribution < -0.4 is 19.6 Å². The lowest BCUT2D eigenvalue weighted by Gasteiger charge is -2.24. The highest BCUT2D eigenvalue weighted by Crippen LogP contribution is 2.32. The molecule has 0 amide bonds. The summed E-state index contributed by atoms with van der Waals surface area (Å²) in [6, 6.07) is 14.3. The van der Waals surface area contributed by atoms with Crippen LogP contribution in [0.15, 0.2) is 80.1 Å². The molecule has 1 aliphatic heterocycles. The normalized spacial score (nSPS) is 15.0. The van der Waals surface area contributed by atoms with Crippen molar-refractivity contribution >= 4 is 41.0 Å². The van der Waals surface area contributed by atoms with Crippen molar-refractivity contribution in [3.05, 3.63) is 107 Å². The van der Waals surface area contributed by atoms with E-state index in [4.69, 9.17) is 25.5 Å². The molecule has 9 nitrogen and oxygen atoms in total. The van der Waals surface area contributed by atoms with Gasteiger partial charge in [0.15, 0.2) is 4.80 Å². The van der Waals surface area contributed by atoms with Gasteiger partial charge >= 0.3 is 11.9 Å². The van der Waals surface area contributed by atoms with Gasteiger partial charge in [-0.2, -0.15) is 0 Å². The highest BCUT2D eigenvalue weighted by Gasteiger charge is 2.33. The van der Waals surface area contributed by atoms with Gasteiger partial charge in [-0.05, 0) is 55.8 Å². The van der Waals surface area contributed by atoms with E-state index in [1.807, 2.05) is 0 Å². The molecule has 0 saturated carbocycles. The zero-order chi connectivity index (χ0) is 28.6. The first-order valence-electron chi connectivity index (χ1n) is 12.2. The molecule has 0 unspecified atom stereocenters. The van der Waals surface area contributed by atoms with E-state index in [-0.39, 0.29) is 28.3 Å². The minimum absolute atomic E-state index is 0.0119. The predicted octanol–water partition coefficient (Wildman–Crippen LogP) is 4.42. The number of furan rings is 1. The molecule has 40 heavy (non-hydrogen) atoms. The molecule has 1 N–H and O–H groups in total. The molecule has 4 aromatic rings. The monoisotopic (exact) mass is 578 g/mol. The number of nitrogens with zero attached hydrogens (tertiary/aromatic N) is 2. The van der Waals surface area contributed by atoms with E-state index in [0.717, 1.165) is 0 Å². The Balaban J connectivity index is 1.59. The number of benzene rings is 2. The van der Waals surface area contributed by atoms with Crippen LogP contribution in [0, 0.1) is 0 Å². The number of hydrogen-bond donors (Lipinski definition) is 1. The molecular weight excluding hydrogens is 556 g/mol. The number of halogens is 1. The van der Waals surface area contributed by atoms with Crippen molar-refractivity contribution in [3.63, 3.8) is 0 Å². The Kier molecular flexibility index (Phi) is 7.46. The maximum Gasteiger partial charge on any atom is 0.338 e. The molecule has 0 saturated heterocycles. The highest BCUT2D eigenvalue weighted by atomic mass is 35.5. The Hall–Kier alpha value is -4.41. The number of methoxy groups -OCH3 is 1. The predicted molar refractivity (Wildman–Crippen MR) is 150 cm³/mol. The molecule has 0 radical (unpaired) electrons. The fourth-order valence-corrected chi connectivity index (χ4v) is 5.74. The molecule has 2 aromatic carbocycles. The molecule has 1 atom stereocenters. The van der Waals surface area contributed by atoms with Gasteiger partial charge in [-0.25, -0.2) is 14.6 Å². The zero-order valence-corrected chi connectivity index (χ0v) is 23.2. The summed E-state index contributed by atoms with van der Waals surface area (Å²) in [6.07, 6.45) is 1.61. The Morgan fingerprint density at radius 2 is 1.93 bits per heavy atom. The Bertz CT molecular complexity index is 1850. The number of thiazole rings is 1. The first-order chi connectivity index (χ1) is 19.2. The third-order valence-electron chi connectivity index (χ3n) is 6.33. The molecule has 0 fully saturated rings. The second-order valence-electron chi connectivity index (χ2n) is 8.78. The smallest absolute Gasteiger partial charge is 0.338 e. The number of hydrogen-bond acceptors (Lipinski definition) is 8. The fraction of sp³-hybridized carbons (Fsp3) is 0.172. The maximum absolute atomic E-state index is 13.7. The van der Waals surface area contributed by atoms with Crippen LogP contribution in [0.4, 0.5) is 0 Å². The van der Waals surface area contributed by atoms with Gasteiger partial charge in [0, 0.05) is 11.6 Å². The van der Waals surface area contributed by atoms with Crippen molar-refractivity contribution in [1.29, 1.82) is 0 Å². The fourth-order valence-electron chi connectivity index (χ4n) is 4.45. The minimum atomic E-state index is -1.12. The summed E-state index contributed by atoms with van der Waals surface area (Å²) in [6.45, 7) is 3.62. The molecule has 5 rings (SSSR count). The molecule has 0 aliphatic carbocycles. The number of aromatic carboxylic acids is 1. The Labute approximate surface area is 236 Å². The van der Waals surface area contributed by atoms with Gasteiger partial charge in [-0.15, -0.1) is 0 Å². The number of carbonyl (C=O) groups is 2. The van der Waals surface area contributed by atoms with Crippen LogP contribution in [0.3, 0.4) is 0 Å². The standard InChI is InChI=1S/C29H23ClN2O7S/c1-4-38-28(36)24-15(2)31-29-32(25(24)16-5-8-18(37-3)9-6-16)26(33)23(40-29)14-19-10-12-22(39-19)17-7-11-20(27(34)35)21(30)13-17/h5-14,25H,4H2,1-3H3,(H,34,35)/b23-14-/t25-/m0/s1. The highest BCUT2D eigenvalue weighted by molar-refractivity contribution is 7.07. The zero-order valence-electron chi connectivity index (χ0n) is 21.6. The molecule has 11 heteroatoms. The van der Waals surface area contributed by atoms with Gasteiger partial charge in [-0.3, -0.25) is 9.36 Å². The van der Waals surface area contributed by atoms with E-state index < -0.39 is 18.0 Å². The van der Waals surface area contributed by atoms with E-state index in [0.29, 0.717) is 43.4 Å². The van der Waals surface area contributed by atoms with Crippen LogP contribution in [0.5, 0.6) is 5.75 Å². The number of fused-ring (bicyclic) bond motifs is 1. The molecule has 2 aromatic heterocycles. The van der Waals surface area contributed by atoms with Gasteiger partial charge in [-0.1, -0.05) is 41.1 Å². The van der Waals surface area contributed by atoms with Crippen molar-refractivity contribution in [2.24, 2.45) is 4.99 Å². The van der Waals surface area contributed by atoms with Crippen LogP contribution in [0.1, 0.15) is 41.6 Å². The van der Waals surface area contributed by atoms with Crippen LogP contribution in [-0.2, 0) is 9.53 Å². The number of carboxylic acids is 1. The van der Waals surface area contributed by atoms with Gasteiger partial charge in [0.05, 0.1) is 46.1 Å². The van der Waals surface area contributed by atoms with Crippen LogP contribution in [0.2, 0.25) is 5.02 Å². The van der Waals surface area contributed by atoms with Crippen molar-refractivity contribution in [2.45, 2.75) is 19.9 Å². The van der Waals surface area contributed by atoms with E-state index >= 15 is 0 Å². The molecule has 0 spiro atoms. The first kappa shape index (κ1) is 27.2. The Morgan fingerprint density at radius 3 is 2.58 bits per heavy atom. The minimum Gasteiger partial charge on any atom is -0.497 e. The van der Waals surface area contributed by atoms with Crippen molar-refractivity contribution in [1.82, 2.24) is 4.57 Å². The van der Waals surface area contributed by atoms with Crippen molar-refractivity contribution in [2.75, 3.05) is 13.7 Å². The number of esters is 1. The van der Waals surface area contributed by atoms with Gasteiger partial charge < -0.3 is 19.0 Å². The molecule has 1 aliphatic rings. The first-order valence-corrected chi connectivity index (χ1v) is 13.4. The lowest BCUT2D eigenvalue weighted by atomic mass is 9.96. The molecule has 3 heterocycles. The Morgan fingerprint density at radius 1 is 1.18 bits per heavy atom. The van der Waals surface area contributed by atoms with E-state index in [2.05, 4.69) is 4.99 Å². The number of carboxylic acid groups (broad SMARTS) is 1. The van der Waals surface area contributed by atoms with E-state index in [1.54, 1.807) is 69.5 Å². The second kappa shape index (κ2) is 11.0. The average Bonchev–Trinajstić information content (AvgIpc) is 3.52. The summed E-state index contributed by atoms with van der Waals surface area (Å²) in [5.74, 6) is -0.166. The summed E-state index contributed by atoms with van der Waals surface area (Å²) < 4.78 is 18.4. The average molecular weight is 579 g/mol. The summed E-state index contributed by atoms with van der Waals surface area (Å²) in [4.78, 5) is 43.0.